The van der Waals surface area contributed by atoms with E-state index < -0.39 is 41.9 Å². The third kappa shape index (κ3) is 4.59. The lowest BCUT2D eigenvalue weighted by Crippen LogP contribution is -2.43. The largest absolute Gasteiger partial charge is 0.457 e. The molecule has 1 fully saturated rings. The average Bonchev–Trinajstić information content (AvgIpc) is 3.07. The van der Waals surface area contributed by atoms with E-state index in [0.717, 1.165) is 17.1 Å². The summed E-state index contributed by atoms with van der Waals surface area (Å²) in [5, 5.41) is 1.07. The van der Waals surface area contributed by atoms with Crippen LogP contribution in [-0.4, -0.2) is 41.7 Å². The standard InChI is InChI=1S/C20H17FN2O5/c21-16-8-6-13(7-9-16)17(24)12-28-20(27)15-10-18(25)23(11-15)22-19(26)14-4-2-1-3-5-14/h1-9,15H,10-12H2,(H,22,26)/t15-/m1/s1. The van der Waals surface area contributed by atoms with Crippen LogP contribution in [0.15, 0.2) is 54.6 Å². The normalized spacial score (nSPS) is 16.0. The third-order valence-electron chi connectivity index (χ3n) is 4.24. The van der Waals surface area contributed by atoms with Crippen molar-refractivity contribution in [1.29, 1.82) is 0 Å². The highest BCUT2D eigenvalue weighted by Gasteiger charge is 2.36. The van der Waals surface area contributed by atoms with Crippen LogP contribution in [0.4, 0.5) is 4.39 Å². The smallest absolute Gasteiger partial charge is 0.311 e. The first-order valence-corrected chi connectivity index (χ1v) is 8.56. The Morgan fingerprint density at radius 1 is 1.04 bits per heavy atom. The quantitative estimate of drug-likeness (QED) is 0.605. The Kier molecular flexibility index (Phi) is 5.78. The van der Waals surface area contributed by atoms with Crippen LogP contribution in [0.2, 0.25) is 0 Å². The van der Waals surface area contributed by atoms with Gasteiger partial charge in [-0.25, -0.2) is 4.39 Å². The fraction of sp³-hybridized carbons (Fsp3) is 0.200. The molecule has 2 aromatic carbocycles. The summed E-state index contributed by atoms with van der Waals surface area (Å²) < 4.78 is 17.9. The van der Waals surface area contributed by atoms with Crippen molar-refractivity contribution in [1.82, 2.24) is 10.4 Å². The predicted molar refractivity (Wildman–Crippen MR) is 95.4 cm³/mol. The van der Waals surface area contributed by atoms with E-state index in [1.54, 1.807) is 30.3 Å². The molecule has 0 unspecified atom stereocenters. The summed E-state index contributed by atoms with van der Waals surface area (Å²) in [5.41, 5.74) is 3.06. The number of nitrogens with one attached hydrogen (secondary N) is 1. The second-order valence-corrected chi connectivity index (χ2v) is 6.25. The number of halogens is 1. The Labute approximate surface area is 160 Å². The van der Waals surface area contributed by atoms with Crippen LogP contribution >= 0.6 is 0 Å². The van der Waals surface area contributed by atoms with Crippen molar-refractivity contribution in [2.45, 2.75) is 6.42 Å². The molecule has 0 saturated carbocycles. The maximum Gasteiger partial charge on any atom is 0.311 e. The fourth-order valence-electron chi connectivity index (χ4n) is 2.72. The number of hydrogen-bond donors (Lipinski definition) is 1. The van der Waals surface area contributed by atoms with Gasteiger partial charge in [-0.2, -0.15) is 0 Å². The molecule has 1 aliphatic rings. The first-order valence-electron chi connectivity index (χ1n) is 8.56. The molecule has 3 rings (SSSR count). The third-order valence-corrected chi connectivity index (χ3v) is 4.24. The molecule has 1 aliphatic heterocycles. The molecule has 8 heteroatoms. The Hall–Kier alpha value is -3.55. The minimum atomic E-state index is -0.787. The van der Waals surface area contributed by atoms with E-state index in [2.05, 4.69) is 5.43 Å². The molecule has 0 bridgehead atoms. The zero-order valence-electron chi connectivity index (χ0n) is 14.8. The SMILES string of the molecule is O=C(COC(=O)[C@@H]1CC(=O)N(NC(=O)c2ccccc2)C1)c1ccc(F)cc1. The van der Waals surface area contributed by atoms with Crippen LogP contribution in [0.3, 0.4) is 0 Å². The van der Waals surface area contributed by atoms with Crippen molar-refractivity contribution >= 4 is 23.6 Å². The van der Waals surface area contributed by atoms with E-state index in [0.29, 0.717) is 5.56 Å². The zero-order valence-corrected chi connectivity index (χ0v) is 14.8. The molecular formula is C20H17FN2O5. The zero-order chi connectivity index (χ0) is 20.1. The Morgan fingerprint density at radius 2 is 1.71 bits per heavy atom. The molecule has 7 nitrogen and oxygen atoms in total. The Morgan fingerprint density at radius 3 is 2.39 bits per heavy atom. The molecular weight excluding hydrogens is 367 g/mol. The number of benzene rings is 2. The summed E-state index contributed by atoms with van der Waals surface area (Å²) in [7, 11) is 0. The van der Waals surface area contributed by atoms with Gasteiger partial charge in [0.2, 0.25) is 5.91 Å². The highest BCUT2D eigenvalue weighted by atomic mass is 19.1. The molecule has 1 saturated heterocycles. The summed E-state index contributed by atoms with van der Waals surface area (Å²) in [6, 6.07) is 13.2. The van der Waals surface area contributed by atoms with Crippen LogP contribution in [0.5, 0.6) is 0 Å². The number of Topliss-reactive ketones (excluding diaryl/α,β-unsaturated/α-hetero) is 1. The number of ketones is 1. The first-order chi connectivity index (χ1) is 13.4. The van der Waals surface area contributed by atoms with Gasteiger partial charge in [0.05, 0.1) is 12.5 Å². The fourth-order valence-corrected chi connectivity index (χ4v) is 2.72. The lowest BCUT2D eigenvalue weighted by atomic mass is 10.1. The van der Waals surface area contributed by atoms with Gasteiger partial charge in [-0.1, -0.05) is 18.2 Å². The van der Waals surface area contributed by atoms with E-state index in [4.69, 9.17) is 4.74 Å². The van der Waals surface area contributed by atoms with Crippen LogP contribution < -0.4 is 5.43 Å². The molecule has 144 valence electrons. The second kappa shape index (κ2) is 8.43. The van der Waals surface area contributed by atoms with Crippen LogP contribution in [-0.2, 0) is 14.3 Å². The summed E-state index contributed by atoms with van der Waals surface area (Å²) in [4.78, 5) is 48.3. The molecule has 1 N–H and O–H groups in total. The van der Waals surface area contributed by atoms with Gasteiger partial charge < -0.3 is 4.74 Å². The van der Waals surface area contributed by atoms with Crippen LogP contribution in [0.25, 0.3) is 0 Å². The summed E-state index contributed by atoms with van der Waals surface area (Å²) in [5.74, 6) is -3.34. The van der Waals surface area contributed by atoms with Gasteiger partial charge in [0.15, 0.2) is 12.4 Å². The number of hydrazine groups is 1. The van der Waals surface area contributed by atoms with Gasteiger partial charge >= 0.3 is 5.97 Å². The number of nitrogens with zero attached hydrogens (tertiary/aromatic N) is 1. The Bertz CT molecular complexity index is 899. The van der Waals surface area contributed by atoms with Crippen molar-refractivity contribution in [2.24, 2.45) is 5.92 Å². The number of amides is 2. The molecule has 1 heterocycles. The average molecular weight is 384 g/mol. The van der Waals surface area contributed by atoms with Crippen molar-refractivity contribution in [3.63, 3.8) is 0 Å². The first kappa shape index (κ1) is 19.2. The van der Waals surface area contributed by atoms with E-state index in [-0.39, 0.29) is 18.5 Å². The maximum atomic E-state index is 12.9. The Balaban J connectivity index is 1.51. The van der Waals surface area contributed by atoms with Crippen molar-refractivity contribution in [3.8, 4) is 0 Å². The number of hydrogen-bond acceptors (Lipinski definition) is 5. The number of carbonyl (C=O) groups is 4. The van der Waals surface area contributed by atoms with Crippen LogP contribution in [0, 0.1) is 11.7 Å². The van der Waals surface area contributed by atoms with Gasteiger partial charge in [0.25, 0.3) is 5.91 Å². The highest BCUT2D eigenvalue weighted by Crippen LogP contribution is 2.18. The number of esters is 1. The van der Waals surface area contributed by atoms with Gasteiger partial charge in [0.1, 0.15) is 5.82 Å². The predicted octanol–water partition coefficient (Wildman–Crippen LogP) is 1.75. The maximum absolute atomic E-state index is 12.9. The van der Waals surface area contributed by atoms with Crippen molar-refractivity contribution < 1.29 is 28.3 Å². The van der Waals surface area contributed by atoms with E-state index >= 15 is 0 Å². The van der Waals surface area contributed by atoms with Gasteiger partial charge in [-0.05, 0) is 36.4 Å². The van der Waals surface area contributed by atoms with E-state index in [1.165, 1.54) is 12.1 Å². The molecule has 1 atom stereocenters. The molecule has 2 amide bonds. The lowest BCUT2D eigenvalue weighted by molar-refractivity contribution is -0.147. The minimum Gasteiger partial charge on any atom is -0.457 e. The van der Waals surface area contributed by atoms with Gasteiger partial charge in [0, 0.05) is 17.5 Å². The van der Waals surface area contributed by atoms with Crippen molar-refractivity contribution in [2.75, 3.05) is 13.2 Å². The lowest BCUT2D eigenvalue weighted by Gasteiger charge is -2.17. The van der Waals surface area contributed by atoms with Gasteiger partial charge in [-0.3, -0.25) is 29.6 Å². The van der Waals surface area contributed by atoms with Crippen LogP contribution in [0.1, 0.15) is 27.1 Å². The van der Waals surface area contributed by atoms with Gasteiger partial charge in [-0.15, -0.1) is 0 Å². The summed E-state index contributed by atoms with van der Waals surface area (Å²) in [6.07, 6.45) is -0.126. The molecule has 28 heavy (non-hydrogen) atoms. The number of ether oxygens (including phenoxy) is 1. The van der Waals surface area contributed by atoms with Crippen molar-refractivity contribution in [3.05, 3.63) is 71.5 Å². The molecule has 0 radical (unpaired) electrons. The van der Waals surface area contributed by atoms with E-state index in [9.17, 15) is 23.6 Å². The summed E-state index contributed by atoms with van der Waals surface area (Å²) in [6.45, 7) is -0.549. The number of carbonyl (C=O) groups excluding carboxylic acids is 4. The highest BCUT2D eigenvalue weighted by molar-refractivity contribution is 5.98. The monoisotopic (exact) mass is 384 g/mol. The number of rotatable bonds is 6. The summed E-state index contributed by atoms with van der Waals surface area (Å²) >= 11 is 0. The molecule has 2 aromatic rings. The second-order valence-electron chi connectivity index (χ2n) is 6.25. The minimum absolute atomic E-state index is 0.0407. The topological polar surface area (TPSA) is 92.8 Å². The molecule has 0 aliphatic carbocycles. The molecule has 0 aromatic heterocycles. The van der Waals surface area contributed by atoms with E-state index in [1.807, 2.05) is 0 Å². The molecule has 0 spiro atoms.